The molecule has 1 saturated heterocycles. The molecule has 7 heteroatoms. The van der Waals surface area contributed by atoms with E-state index in [1.54, 1.807) is 19.1 Å². The van der Waals surface area contributed by atoms with E-state index in [-0.39, 0.29) is 17.4 Å². The summed E-state index contributed by atoms with van der Waals surface area (Å²) in [7, 11) is -0.0339. The molecule has 1 aromatic rings. The van der Waals surface area contributed by atoms with Crippen LogP contribution in [0.3, 0.4) is 0 Å². The van der Waals surface area contributed by atoms with Crippen LogP contribution in [0.15, 0.2) is 12.1 Å². The molecule has 2 rings (SSSR count). The molecule has 1 unspecified atom stereocenters. The molecule has 0 spiro atoms. The molecule has 1 atom stereocenters. The third kappa shape index (κ3) is 3.35. The van der Waals surface area contributed by atoms with Crippen molar-refractivity contribution in [1.29, 1.82) is 0 Å². The lowest BCUT2D eigenvalue weighted by Gasteiger charge is -2.24. The van der Waals surface area contributed by atoms with Crippen molar-refractivity contribution >= 4 is 15.7 Å². The monoisotopic (exact) mass is 327 g/mol. The second-order valence-corrected chi connectivity index (χ2v) is 8.05. The van der Waals surface area contributed by atoms with Crippen molar-refractivity contribution in [1.82, 2.24) is 5.32 Å². The van der Waals surface area contributed by atoms with Crippen LogP contribution in [0.25, 0.3) is 0 Å². The highest BCUT2D eigenvalue weighted by Gasteiger charge is 2.39. The van der Waals surface area contributed by atoms with Gasteiger partial charge in [0.15, 0.2) is 9.84 Å². The van der Waals surface area contributed by atoms with Gasteiger partial charge in [0, 0.05) is 11.1 Å². The van der Waals surface area contributed by atoms with Crippen molar-refractivity contribution in [3.8, 4) is 11.5 Å². The highest BCUT2D eigenvalue weighted by molar-refractivity contribution is 7.91. The van der Waals surface area contributed by atoms with Crippen LogP contribution in [-0.2, 0) is 9.84 Å². The van der Waals surface area contributed by atoms with Crippen LogP contribution >= 0.6 is 0 Å². The Bertz CT molecular complexity index is 673. The smallest absolute Gasteiger partial charge is 0.252 e. The lowest BCUT2D eigenvalue weighted by atomic mass is 10.0. The lowest BCUT2D eigenvalue weighted by Crippen LogP contribution is -2.46. The molecular weight excluding hydrogens is 306 g/mol. The number of methoxy groups -OCH3 is 2. The Labute approximate surface area is 130 Å². The Morgan fingerprint density at radius 3 is 2.18 bits per heavy atom. The molecule has 0 aromatic heterocycles. The summed E-state index contributed by atoms with van der Waals surface area (Å²) in [5.41, 5.74) is 0.447. The maximum atomic E-state index is 12.4. The SMILES string of the molecule is COc1cc(C(=O)NC2(C)CCS(=O)(=O)C2)cc(OC)c1C. The molecule has 0 bridgehead atoms. The molecule has 0 radical (unpaired) electrons. The van der Waals surface area contributed by atoms with Crippen LogP contribution < -0.4 is 14.8 Å². The molecule has 1 heterocycles. The van der Waals surface area contributed by atoms with Gasteiger partial charge < -0.3 is 14.8 Å². The van der Waals surface area contributed by atoms with Gasteiger partial charge in [-0.2, -0.15) is 0 Å². The summed E-state index contributed by atoms with van der Waals surface area (Å²) in [6.07, 6.45) is 0.418. The summed E-state index contributed by atoms with van der Waals surface area (Å²) >= 11 is 0. The Balaban J connectivity index is 2.27. The first-order valence-corrected chi connectivity index (χ1v) is 8.77. The zero-order valence-electron chi connectivity index (χ0n) is 13.2. The van der Waals surface area contributed by atoms with Crippen LogP contribution in [-0.4, -0.2) is 45.6 Å². The van der Waals surface area contributed by atoms with E-state index < -0.39 is 15.4 Å². The topological polar surface area (TPSA) is 81.7 Å². The molecule has 1 aromatic carbocycles. The second-order valence-electron chi connectivity index (χ2n) is 5.86. The predicted octanol–water partition coefficient (Wildman–Crippen LogP) is 1.32. The van der Waals surface area contributed by atoms with Gasteiger partial charge in [-0.05, 0) is 32.4 Å². The number of carbonyl (C=O) groups excluding carboxylic acids is 1. The maximum absolute atomic E-state index is 12.4. The summed E-state index contributed by atoms with van der Waals surface area (Å²) in [6.45, 7) is 3.59. The second kappa shape index (κ2) is 5.79. The number of hydrogen-bond donors (Lipinski definition) is 1. The molecular formula is C15H21NO5S. The van der Waals surface area contributed by atoms with E-state index in [4.69, 9.17) is 9.47 Å². The van der Waals surface area contributed by atoms with Gasteiger partial charge in [-0.3, -0.25) is 4.79 Å². The Kier molecular flexibility index (Phi) is 4.37. The van der Waals surface area contributed by atoms with Gasteiger partial charge in [0.2, 0.25) is 0 Å². The molecule has 1 fully saturated rings. The van der Waals surface area contributed by atoms with Gasteiger partial charge in [-0.1, -0.05) is 0 Å². The van der Waals surface area contributed by atoms with E-state index >= 15 is 0 Å². The zero-order chi connectivity index (χ0) is 16.5. The average molecular weight is 327 g/mol. The maximum Gasteiger partial charge on any atom is 0.252 e. The molecule has 1 N–H and O–H groups in total. The zero-order valence-corrected chi connectivity index (χ0v) is 14.0. The molecule has 0 saturated carbocycles. The molecule has 0 aliphatic carbocycles. The van der Waals surface area contributed by atoms with E-state index in [0.717, 1.165) is 5.56 Å². The van der Waals surface area contributed by atoms with Gasteiger partial charge in [-0.25, -0.2) is 8.42 Å². The summed E-state index contributed by atoms with van der Waals surface area (Å²) in [4.78, 5) is 12.4. The fraction of sp³-hybridized carbons (Fsp3) is 0.533. The fourth-order valence-corrected chi connectivity index (χ4v) is 4.77. The number of sulfone groups is 1. The number of benzene rings is 1. The fourth-order valence-electron chi connectivity index (χ4n) is 2.67. The molecule has 1 amide bonds. The van der Waals surface area contributed by atoms with Gasteiger partial charge in [0.05, 0.1) is 31.3 Å². The molecule has 6 nitrogen and oxygen atoms in total. The number of carbonyl (C=O) groups is 1. The van der Waals surface area contributed by atoms with Gasteiger partial charge >= 0.3 is 0 Å². The molecule has 22 heavy (non-hydrogen) atoms. The Hall–Kier alpha value is -1.76. The van der Waals surface area contributed by atoms with Crippen LogP contribution in [0.1, 0.15) is 29.3 Å². The van der Waals surface area contributed by atoms with Gasteiger partial charge in [-0.15, -0.1) is 0 Å². The summed E-state index contributed by atoms with van der Waals surface area (Å²) in [5, 5.41) is 2.82. The minimum atomic E-state index is -3.08. The minimum absolute atomic E-state index is 0.0358. The van der Waals surface area contributed by atoms with Crippen molar-refractivity contribution in [2.24, 2.45) is 0 Å². The van der Waals surface area contributed by atoms with E-state index in [9.17, 15) is 13.2 Å². The Morgan fingerprint density at radius 1 is 1.23 bits per heavy atom. The van der Waals surface area contributed by atoms with Crippen molar-refractivity contribution in [3.63, 3.8) is 0 Å². The highest BCUT2D eigenvalue weighted by Crippen LogP contribution is 2.30. The van der Waals surface area contributed by atoms with E-state index in [1.165, 1.54) is 14.2 Å². The normalized spacial score (nSPS) is 23.1. The number of hydrogen-bond acceptors (Lipinski definition) is 5. The number of ether oxygens (including phenoxy) is 2. The number of amides is 1. The van der Waals surface area contributed by atoms with Crippen LogP contribution in [0.2, 0.25) is 0 Å². The van der Waals surface area contributed by atoms with Crippen LogP contribution in [0.4, 0.5) is 0 Å². The van der Waals surface area contributed by atoms with E-state index in [0.29, 0.717) is 23.5 Å². The third-order valence-electron chi connectivity index (χ3n) is 3.93. The van der Waals surface area contributed by atoms with Crippen molar-refractivity contribution < 1.29 is 22.7 Å². The minimum Gasteiger partial charge on any atom is -0.496 e. The third-order valence-corrected chi connectivity index (χ3v) is 5.84. The Morgan fingerprint density at radius 2 is 1.77 bits per heavy atom. The van der Waals surface area contributed by atoms with Crippen molar-refractivity contribution in [2.45, 2.75) is 25.8 Å². The summed E-state index contributed by atoms with van der Waals surface area (Å²) in [6, 6.07) is 3.25. The van der Waals surface area contributed by atoms with E-state index in [2.05, 4.69) is 5.32 Å². The first kappa shape index (κ1) is 16.6. The van der Waals surface area contributed by atoms with Crippen LogP contribution in [0.5, 0.6) is 11.5 Å². The summed E-state index contributed by atoms with van der Waals surface area (Å²) in [5.74, 6) is 0.828. The summed E-state index contributed by atoms with van der Waals surface area (Å²) < 4.78 is 33.7. The first-order chi connectivity index (χ1) is 10.2. The van der Waals surface area contributed by atoms with Gasteiger partial charge in [0.25, 0.3) is 5.91 Å². The number of rotatable bonds is 4. The largest absolute Gasteiger partial charge is 0.496 e. The molecule has 1 aliphatic rings. The lowest BCUT2D eigenvalue weighted by molar-refractivity contribution is 0.0914. The van der Waals surface area contributed by atoms with Crippen molar-refractivity contribution in [3.05, 3.63) is 23.3 Å². The first-order valence-electron chi connectivity index (χ1n) is 6.95. The quantitative estimate of drug-likeness (QED) is 0.902. The van der Waals surface area contributed by atoms with Crippen molar-refractivity contribution in [2.75, 3.05) is 25.7 Å². The standard InChI is InChI=1S/C15H21NO5S/c1-10-12(20-3)7-11(8-13(10)21-4)14(17)16-15(2)5-6-22(18,19)9-15/h7-8H,5-6,9H2,1-4H3,(H,16,17). The highest BCUT2D eigenvalue weighted by atomic mass is 32.2. The van der Waals surface area contributed by atoms with Crippen LogP contribution in [0, 0.1) is 6.92 Å². The average Bonchev–Trinajstić information content (AvgIpc) is 2.72. The predicted molar refractivity (Wildman–Crippen MR) is 83.4 cm³/mol. The molecule has 1 aliphatic heterocycles. The molecule has 122 valence electrons. The van der Waals surface area contributed by atoms with Gasteiger partial charge in [0.1, 0.15) is 11.5 Å². The number of nitrogens with one attached hydrogen (secondary N) is 1. The van der Waals surface area contributed by atoms with E-state index in [1.807, 2.05) is 6.92 Å².